The number of nitrogens with zero attached hydrogens (tertiary/aromatic N) is 1. The van der Waals surface area contributed by atoms with Gasteiger partial charge in [-0.15, -0.1) is 0 Å². The third kappa shape index (κ3) is 6.15. The summed E-state index contributed by atoms with van der Waals surface area (Å²) in [6, 6.07) is 12.6. The molecule has 0 spiro atoms. The number of sulfonamides is 1. The van der Waals surface area contributed by atoms with E-state index in [9.17, 15) is 18.0 Å². The van der Waals surface area contributed by atoms with Gasteiger partial charge in [0, 0.05) is 13.1 Å². The molecule has 3 rings (SSSR count). The first kappa shape index (κ1) is 25.7. The van der Waals surface area contributed by atoms with Crippen LogP contribution in [0, 0.1) is 0 Å². The second-order valence-electron chi connectivity index (χ2n) is 8.30. The molecule has 0 bridgehead atoms. The average Bonchev–Trinajstić information content (AvgIpc) is 2.85. The zero-order chi connectivity index (χ0) is 24.7. The van der Waals surface area contributed by atoms with Gasteiger partial charge in [0.1, 0.15) is 5.75 Å². The number of carbonyl (C=O) groups excluding carboxylic acids is 2. The Balaban J connectivity index is 1.62. The van der Waals surface area contributed by atoms with E-state index in [1.54, 1.807) is 31.3 Å². The lowest BCUT2D eigenvalue weighted by Gasteiger charge is -2.30. The van der Waals surface area contributed by atoms with E-state index in [1.165, 1.54) is 35.5 Å². The predicted octanol–water partition coefficient (Wildman–Crippen LogP) is 4.22. The molecule has 0 aliphatic heterocycles. The number of benzene rings is 2. The molecule has 1 unspecified atom stereocenters. The first-order valence-corrected chi connectivity index (χ1v) is 13.0. The molecule has 0 saturated heterocycles. The lowest BCUT2D eigenvalue weighted by molar-refractivity contribution is -0.123. The van der Waals surface area contributed by atoms with Gasteiger partial charge in [-0.25, -0.2) is 13.2 Å². The van der Waals surface area contributed by atoms with E-state index in [0.717, 1.165) is 32.1 Å². The van der Waals surface area contributed by atoms with E-state index in [0.29, 0.717) is 18.0 Å². The van der Waals surface area contributed by atoms with Crippen molar-refractivity contribution < 1.29 is 27.5 Å². The number of hydrogen-bond donors (Lipinski definition) is 1. The number of amides is 1. The molecule has 1 N–H and O–H groups in total. The van der Waals surface area contributed by atoms with E-state index in [2.05, 4.69) is 5.32 Å². The second-order valence-corrected chi connectivity index (χ2v) is 10.3. The van der Waals surface area contributed by atoms with Gasteiger partial charge in [0.05, 0.1) is 22.8 Å². The lowest BCUT2D eigenvalue weighted by atomic mass is 9.96. The van der Waals surface area contributed by atoms with Crippen molar-refractivity contribution in [1.82, 2.24) is 4.31 Å². The molecule has 1 aliphatic carbocycles. The fourth-order valence-electron chi connectivity index (χ4n) is 3.94. The summed E-state index contributed by atoms with van der Waals surface area (Å²) in [4.78, 5) is 25.2. The van der Waals surface area contributed by atoms with Crippen molar-refractivity contribution in [1.29, 1.82) is 0 Å². The Kier molecular flexibility index (Phi) is 8.68. The second kappa shape index (κ2) is 11.5. The van der Waals surface area contributed by atoms with Crippen LogP contribution in [0.1, 0.15) is 56.3 Å². The fourth-order valence-corrected chi connectivity index (χ4v) is 5.35. The zero-order valence-electron chi connectivity index (χ0n) is 19.8. The minimum Gasteiger partial charge on any atom is -0.492 e. The van der Waals surface area contributed by atoms with Gasteiger partial charge in [-0.3, -0.25) is 4.79 Å². The molecule has 1 saturated carbocycles. The zero-order valence-corrected chi connectivity index (χ0v) is 20.6. The molecule has 2 aromatic carbocycles. The summed E-state index contributed by atoms with van der Waals surface area (Å²) in [6.45, 7) is 3.75. The van der Waals surface area contributed by atoms with E-state index in [4.69, 9.17) is 9.47 Å². The smallest absolute Gasteiger partial charge is 0.338 e. The predicted molar refractivity (Wildman–Crippen MR) is 129 cm³/mol. The van der Waals surface area contributed by atoms with Crippen molar-refractivity contribution in [3.05, 3.63) is 54.1 Å². The molecular formula is C25H32N2O6S. The van der Waals surface area contributed by atoms with Crippen LogP contribution >= 0.6 is 0 Å². The molecule has 9 heteroatoms. The quantitative estimate of drug-likeness (QED) is 0.530. The highest BCUT2D eigenvalue weighted by Crippen LogP contribution is 2.27. The molecule has 184 valence electrons. The van der Waals surface area contributed by atoms with Crippen LogP contribution in [0.25, 0.3) is 0 Å². The standard InChI is InChI=1S/C25H32N2O6S/c1-4-32-23-13-9-8-12-22(23)26-24(28)18(2)33-25(29)19-14-16-21(17-15-19)34(30,31)27(3)20-10-6-5-7-11-20/h8-9,12-18,20H,4-7,10-11H2,1-3H3,(H,26,28). The van der Waals surface area contributed by atoms with Crippen LogP contribution in [-0.4, -0.2) is 50.4 Å². The molecule has 1 fully saturated rings. The molecule has 1 amide bonds. The number of rotatable bonds is 9. The van der Waals surface area contributed by atoms with Crippen LogP contribution in [0.3, 0.4) is 0 Å². The van der Waals surface area contributed by atoms with Crippen LogP contribution in [0.15, 0.2) is 53.4 Å². The third-order valence-corrected chi connectivity index (χ3v) is 7.88. The van der Waals surface area contributed by atoms with Crippen LogP contribution in [-0.2, 0) is 19.6 Å². The normalized spacial score (nSPS) is 15.5. The third-order valence-electron chi connectivity index (χ3n) is 5.95. The summed E-state index contributed by atoms with van der Waals surface area (Å²) in [5.74, 6) is -0.703. The van der Waals surface area contributed by atoms with Crippen molar-refractivity contribution >= 4 is 27.6 Å². The van der Waals surface area contributed by atoms with Gasteiger partial charge in [-0.05, 0) is 63.1 Å². The molecule has 8 nitrogen and oxygen atoms in total. The number of nitrogens with one attached hydrogen (secondary N) is 1. The SMILES string of the molecule is CCOc1ccccc1NC(=O)C(C)OC(=O)c1ccc(S(=O)(=O)N(C)C2CCCCC2)cc1. The van der Waals surface area contributed by atoms with Crippen molar-refractivity contribution in [2.45, 2.75) is 63.0 Å². The summed E-state index contributed by atoms with van der Waals surface area (Å²) in [5.41, 5.74) is 0.641. The largest absolute Gasteiger partial charge is 0.492 e. The fraction of sp³-hybridized carbons (Fsp3) is 0.440. The summed E-state index contributed by atoms with van der Waals surface area (Å²) in [6.07, 6.45) is 3.83. The van der Waals surface area contributed by atoms with Crippen molar-refractivity contribution in [2.24, 2.45) is 0 Å². The Labute approximate surface area is 201 Å². The highest BCUT2D eigenvalue weighted by atomic mass is 32.2. The van der Waals surface area contributed by atoms with Gasteiger partial charge in [0.2, 0.25) is 10.0 Å². The van der Waals surface area contributed by atoms with Gasteiger partial charge in [-0.1, -0.05) is 31.4 Å². The summed E-state index contributed by atoms with van der Waals surface area (Å²) in [7, 11) is -2.05. The van der Waals surface area contributed by atoms with Gasteiger partial charge < -0.3 is 14.8 Å². The van der Waals surface area contributed by atoms with Gasteiger partial charge in [0.15, 0.2) is 6.10 Å². The minimum atomic E-state index is -3.66. The molecule has 2 aromatic rings. The van der Waals surface area contributed by atoms with E-state index >= 15 is 0 Å². The number of anilines is 1. The van der Waals surface area contributed by atoms with Crippen molar-refractivity contribution in [3.63, 3.8) is 0 Å². The van der Waals surface area contributed by atoms with Crippen LogP contribution in [0.4, 0.5) is 5.69 Å². The van der Waals surface area contributed by atoms with Crippen molar-refractivity contribution in [3.8, 4) is 5.75 Å². The number of hydrogen-bond acceptors (Lipinski definition) is 6. The highest BCUT2D eigenvalue weighted by molar-refractivity contribution is 7.89. The monoisotopic (exact) mass is 488 g/mol. The Morgan fingerprint density at radius 1 is 1.06 bits per heavy atom. The lowest BCUT2D eigenvalue weighted by Crippen LogP contribution is -2.38. The van der Waals surface area contributed by atoms with E-state index in [-0.39, 0.29) is 16.5 Å². The molecule has 0 heterocycles. The molecule has 0 aromatic heterocycles. The van der Waals surface area contributed by atoms with E-state index in [1.807, 2.05) is 6.92 Å². The Morgan fingerprint density at radius 3 is 2.35 bits per heavy atom. The number of para-hydroxylation sites is 2. The summed E-state index contributed by atoms with van der Waals surface area (Å²) >= 11 is 0. The van der Waals surface area contributed by atoms with Gasteiger partial charge in [-0.2, -0.15) is 4.31 Å². The first-order chi connectivity index (χ1) is 16.2. The topological polar surface area (TPSA) is 102 Å². The minimum absolute atomic E-state index is 0.00406. The average molecular weight is 489 g/mol. The van der Waals surface area contributed by atoms with Crippen LogP contribution in [0.2, 0.25) is 0 Å². The maximum absolute atomic E-state index is 13.0. The molecule has 34 heavy (non-hydrogen) atoms. The number of ether oxygens (including phenoxy) is 2. The van der Waals surface area contributed by atoms with Crippen molar-refractivity contribution in [2.75, 3.05) is 19.0 Å². The maximum atomic E-state index is 13.0. The highest BCUT2D eigenvalue weighted by Gasteiger charge is 2.29. The Bertz CT molecular complexity index is 1090. The van der Waals surface area contributed by atoms with Gasteiger partial charge in [0.25, 0.3) is 5.91 Å². The molecule has 1 aliphatic rings. The number of carbonyl (C=O) groups is 2. The summed E-state index contributed by atoms with van der Waals surface area (Å²) in [5, 5.41) is 2.70. The van der Waals surface area contributed by atoms with Gasteiger partial charge >= 0.3 is 5.97 Å². The Morgan fingerprint density at radius 2 is 1.71 bits per heavy atom. The molecule has 1 atom stereocenters. The Hall–Kier alpha value is -2.91. The first-order valence-electron chi connectivity index (χ1n) is 11.6. The molecule has 0 radical (unpaired) electrons. The summed E-state index contributed by atoms with van der Waals surface area (Å²) < 4.78 is 38.2. The number of esters is 1. The molecular weight excluding hydrogens is 456 g/mol. The maximum Gasteiger partial charge on any atom is 0.338 e. The van der Waals surface area contributed by atoms with Crippen LogP contribution < -0.4 is 10.1 Å². The van der Waals surface area contributed by atoms with E-state index < -0.39 is 28.0 Å². The van der Waals surface area contributed by atoms with Crippen LogP contribution in [0.5, 0.6) is 5.75 Å².